The fraction of sp³-hybridized carbons (Fsp3) is 0.160. The maximum atomic E-state index is 13.5. The van der Waals surface area contributed by atoms with Crippen molar-refractivity contribution < 1.29 is 32.3 Å². The summed E-state index contributed by atoms with van der Waals surface area (Å²) in [5, 5.41) is 2.71. The highest BCUT2D eigenvalue weighted by Crippen LogP contribution is 2.37. The summed E-state index contributed by atoms with van der Waals surface area (Å²) in [6.07, 6.45) is 0. The van der Waals surface area contributed by atoms with Crippen molar-refractivity contribution in [1.29, 1.82) is 0 Å². The zero-order valence-corrected chi connectivity index (χ0v) is 19.8. The van der Waals surface area contributed by atoms with Gasteiger partial charge >= 0.3 is 5.97 Å². The summed E-state index contributed by atoms with van der Waals surface area (Å²) in [5.41, 5.74) is 0.263. The van der Waals surface area contributed by atoms with Gasteiger partial charge in [0, 0.05) is 0 Å². The number of carbonyl (C=O) groups excluding carboxylic acids is 3. The number of rotatable bonds is 6. The number of methoxy groups -OCH3 is 1. The van der Waals surface area contributed by atoms with Crippen molar-refractivity contribution in [3.05, 3.63) is 77.9 Å². The van der Waals surface area contributed by atoms with Crippen LogP contribution in [0.5, 0.6) is 5.75 Å². The Hall–Kier alpha value is -4.18. The molecule has 0 radical (unpaired) electrons. The summed E-state index contributed by atoms with van der Waals surface area (Å²) in [5.74, 6) is -1.55. The van der Waals surface area contributed by atoms with Crippen LogP contribution in [0.2, 0.25) is 0 Å². The van der Waals surface area contributed by atoms with Gasteiger partial charge in [-0.05, 0) is 49.4 Å². The maximum Gasteiger partial charge on any atom is 0.337 e. The number of sulfone groups is 1. The first-order valence-electron chi connectivity index (χ1n) is 10.7. The molecule has 1 heterocycles. The van der Waals surface area contributed by atoms with Crippen LogP contribution in [-0.2, 0) is 19.4 Å². The minimum atomic E-state index is -4.13. The summed E-state index contributed by atoms with van der Waals surface area (Å²) in [7, 11) is -2.94. The molecule has 0 spiro atoms. The van der Waals surface area contributed by atoms with Crippen LogP contribution in [0.25, 0.3) is 0 Å². The lowest BCUT2D eigenvalue weighted by atomic mass is 10.1. The Bertz CT molecular complexity index is 1430. The Balaban J connectivity index is 1.81. The lowest BCUT2D eigenvalue weighted by Gasteiger charge is -2.23. The quantitative estimate of drug-likeness (QED) is 0.522. The van der Waals surface area contributed by atoms with Crippen LogP contribution in [-0.4, -0.2) is 46.5 Å². The lowest BCUT2D eigenvalue weighted by molar-refractivity contribution is -0.114. The second-order valence-electron chi connectivity index (χ2n) is 7.54. The molecular weight excluding hydrogens is 472 g/mol. The van der Waals surface area contributed by atoms with E-state index in [1.54, 1.807) is 30.3 Å². The third-order valence-electron chi connectivity index (χ3n) is 5.38. The maximum absolute atomic E-state index is 13.5. The van der Waals surface area contributed by atoms with Crippen molar-refractivity contribution in [2.75, 3.05) is 30.5 Å². The van der Waals surface area contributed by atoms with Crippen molar-refractivity contribution in [2.45, 2.75) is 16.7 Å². The highest BCUT2D eigenvalue weighted by molar-refractivity contribution is 7.91. The Kier molecular flexibility index (Phi) is 6.57. The van der Waals surface area contributed by atoms with E-state index in [0.717, 1.165) is 4.90 Å². The highest BCUT2D eigenvalue weighted by atomic mass is 32.2. The molecule has 0 saturated carbocycles. The van der Waals surface area contributed by atoms with E-state index >= 15 is 0 Å². The van der Waals surface area contributed by atoms with Crippen molar-refractivity contribution >= 4 is 39.0 Å². The number of anilines is 2. The number of ether oxygens (including phenoxy) is 2. The van der Waals surface area contributed by atoms with Gasteiger partial charge in [0.2, 0.25) is 15.7 Å². The second kappa shape index (κ2) is 9.59. The first-order valence-corrected chi connectivity index (χ1v) is 12.2. The molecule has 0 aliphatic carbocycles. The van der Waals surface area contributed by atoms with Crippen LogP contribution in [0.15, 0.2) is 76.5 Å². The predicted octanol–water partition coefficient (Wildman–Crippen LogP) is 3.30. The fourth-order valence-electron chi connectivity index (χ4n) is 3.79. The number of fused-ring (bicyclic) bond motifs is 2. The average Bonchev–Trinajstić information content (AvgIpc) is 2.93. The molecule has 9 nitrogen and oxygen atoms in total. The van der Waals surface area contributed by atoms with Crippen LogP contribution >= 0.6 is 0 Å². The smallest absolute Gasteiger partial charge is 0.337 e. The lowest BCUT2D eigenvalue weighted by Crippen LogP contribution is -2.38. The molecule has 0 aromatic heterocycles. The van der Waals surface area contributed by atoms with Gasteiger partial charge in [-0.25, -0.2) is 13.2 Å². The molecule has 1 aliphatic heterocycles. The van der Waals surface area contributed by atoms with Crippen LogP contribution in [0.1, 0.15) is 27.6 Å². The van der Waals surface area contributed by atoms with Gasteiger partial charge in [-0.15, -0.1) is 0 Å². The molecule has 1 N–H and O–H groups in total. The number of para-hydroxylation sites is 2. The SMILES string of the molecule is CCOc1ccccc1NC(=O)CN1C(=O)c2ccccc2S(=O)(=O)c2ccc(C(=O)OC)cc21. The van der Waals surface area contributed by atoms with E-state index in [-0.39, 0.29) is 26.6 Å². The number of amides is 2. The Morgan fingerprint density at radius 1 is 0.971 bits per heavy atom. The summed E-state index contributed by atoms with van der Waals surface area (Å²) < 4.78 is 37.2. The molecule has 2 amide bonds. The molecule has 1 aliphatic rings. The average molecular weight is 495 g/mol. The van der Waals surface area contributed by atoms with E-state index < -0.39 is 34.2 Å². The van der Waals surface area contributed by atoms with Crippen molar-refractivity contribution in [3.8, 4) is 5.75 Å². The van der Waals surface area contributed by atoms with Crippen LogP contribution < -0.4 is 15.0 Å². The van der Waals surface area contributed by atoms with E-state index in [1.807, 2.05) is 6.92 Å². The first kappa shape index (κ1) is 24.0. The summed E-state index contributed by atoms with van der Waals surface area (Å²) in [4.78, 5) is 39.4. The molecule has 0 unspecified atom stereocenters. The summed E-state index contributed by atoms with van der Waals surface area (Å²) in [6.45, 7) is 1.68. The predicted molar refractivity (Wildman–Crippen MR) is 128 cm³/mol. The number of benzene rings is 3. The monoisotopic (exact) mass is 494 g/mol. The van der Waals surface area contributed by atoms with Gasteiger partial charge in [0.25, 0.3) is 5.91 Å². The molecular formula is C25H22N2O7S. The van der Waals surface area contributed by atoms with Gasteiger partial charge in [-0.2, -0.15) is 0 Å². The molecule has 0 atom stereocenters. The summed E-state index contributed by atoms with van der Waals surface area (Å²) >= 11 is 0. The number of nitrogens with zero attached hydrogens (tertiary/aromatic N) is 1. The van der Waals surface area contributed by atoms with Crippen LogP contribution in [0.3, 0.4) is 0 Å². The summed E-state index contributed by atoms with van der Waals surface area (Å²) in [6, 6.07) is 16.4. The molecule has 0 saturated heterocycles. The second-order valence-corrected chi connectivity index (χ2v) is 9.43. The van der Waals surface area contributed by atoms with E-state index in [1.165, 1.54) is 43.5 Å². The third kappa shape index (κ3) is 4.47. The molecule has 0 fully saturated rings. The van der Waals surface area contributed by atoms with Crippen LogP contribution in [0, 0.1) is 0 Å². The zero-order valence-electron chi connectivity index (χ0n) is 19.0. The Morgan fingerprint density at radius 3 is 2.43 bits per heavy atom. The fourth-order valence-corrected chi connectivity index (χ4v) is 5.42. The number of carbonyl (C=O) groups is 3. The Morgan fingerprint density at radius 2 is 1.69 bits per heavy atom. The molecule has 0 bridgehead atoms. The van der Waals surface area contributed by atoms with Crippen LogP contribution in [0.4, 0.5) is 11.4 Å². The Labute approximate surface area is 202 Å². The molecule has 3 aromatic carbocycles. The molecule has 35 heavy (non-hydrogen) atoms. The number of nitrogens with one attached hydrogen (secondary N) is 1. The normalized spacial score (nSPS) is 13.8. The van der Waals surface area contributed by atoms with Gasteiger partial charge in [0.05, 0.1) is 46.0 Å². The highest BCUT2D eigenvalue weighted by Gasteiger charge is 2.37. The minimum Gasteiger partial charge on any atom is -0.492 e. The molecule has 3 aromatic rings. The first-order chi connectivity index (χ1) is 16.8. The molecule has 10 heteroatoms. The standard InChI is InChI=1S/C25H22N2O7S/c1-3-34-20-10-6-5-9-18(20)26-23(28)15-27-19-14-16(25(30)33-2)12-13-22(19)35(31,32)21-11-7-4-8-17(21)24(27)29/h4-14H,3,15H2,1-2H3,(H,26,28). The topological polar surface area (TPSA) is 119 Å². The van der Waals surface area contributed by atoms with Gasteiger partial charge in [0.15, 0.2) is 0 Å². The molecule has 4 rings (SSSR count). The van der Waals surface area contributed by atoms with Gasteiger partial charge in [0.1, 0.15) is 12.3 Å². The largest absolute Gasteiger partial charge is 0.492 e. The van der Waals surface area contributed by atoms with Crippen molar-refractivity contribution in [3.63, 3.8) is 0 Å². The minimum absolute atomic E-state index is 0.0345. The van der Waals surface area contributed by atoms with Crippen molar-refractivity contribution in [1.82, 2.24) is 0 Å². The van der Waals surface area contributed by atoms with E-state index in [2.05, 4.69) is 5.32 Å². The third-order valence-corrected chi connectivity index (χ3v) is 7.23. The van der Waals surface area contributed by atoms with E-state index in [0.29, 0.717) is 18.0 Å². The van der Waals surface area contributed by atoms with E-state index in [9.17, 15) is 22.8 Å². The number of hydrogen-bond donors (Lipinski definition) is 1. The van der Waals surface area contributed by atoms with Gasteiger partial charge < -0.3 is 14.8 Å². The van der Waals surface area contributed by atoms with Gasteiger partial charge in [-0.3, -0.25) is 14.5 Å². The molecule has 180 valence electrons. The number of esters is 1. The zero-order chi connectivity index (χ0) is 25.2. The van der Waals surface area contributed by atoms with E-state index in [4.69, 9.17) is 9.47 Å². The number of hydrogen-bond acceptors (Lipinski definition) is 7. The van der Waals surface area contributed by atoms with Crippen molar-refractivity contribution in [2.24, 2.45) is 0 Å². The van der Waals surface area contributed by atoms with Gasteiger partial charge in [-0.1, -0.05) is 24.3 Å².